The van der Waals surface area contributed by atoms with Gasteiger partial charge in [0, 0.05) is 6.42 Å². The van der Waals surface area contributed by atoms with Crippen LogP contribution in [0.15, 0.2) is 36.4 Å². The number of amides is 1. The van der Waals surface area contributed by atoms with Gasteiger partial charge in [-0.15, -0.1) is 0 Å². The van der Waals surface area contributed by atoms with Crippen LogP contribution in [0, 0.1) is 13.8 Å². The summed E-state index contributed by atoms with van der Waals surface area (Å²) in [6, 6.07) is 11.6. The summed E-state index contributed by atoms with van der Waals surface area (Å²) < 4.78 is 13.5. The maximum absolute atomic E-state index is 11.3. The monoisotopic (exact) mass is 331 g/mol. The predicted molar refractivity (Wildman–Crippen MR) is 94.4 cm³/mol. The number of aryl methyl sites for hydroxylation is 3. The van der Waals surface area contributed by atoms with Gasteiger partial charge in [-0.05, 0) is 61.2 Å². The molecular formula is C18H21NO3S. The maximum Gasteiger partial charge on any atom is 0.229 e. The quantitative estimate of drug-likeness (QED) is 0.787. The lowest BCUT2D eigenvalue weighted by molar-refractivity contribution is -0.119. The van der Waals surface area contributed by atoms with Crippen LogP contribution in [-0.2, 0) is 11.2 Å². The van der Waals surface area contributed by atoms with Crippen LogP contribution in [0.1, 0.15) is 23.1 Å². The molecule has 5 heteroatoms. The summed E-state index contributed by atoms with van der Waals surface area (Å²) in [4.78, 5) is 11.3. The van der Waals surface area contributed by atoms with Crippen LogP contribution >= 0.6 is 12.8 Å². The van der Waals surface area contributed by atoms with Gasteiger partial charge in [0.15, 0.2) is 0 Å². The second-order valence-corrected chi connectivity index (χ2v) is 5.59. The lowest BCUT2D eigenvalue weighted by atomic mass is 10.0. The standard InChI is InChI=1S/C18H21NO3S/c1-12-10-14(4-9-17(20)19-23)11-13(2)18(12)22-16-7-5-15(21-3)6-8-16/h5-8,10-11,23H,4,9H2,1-3H3,(H,19,20). The number of benzene rings is 2. The summed E-state index contributed by atoms with van der Waals surface area (Å²) in [7, 11) is 1.64. The molecule has 0 bridgehead atoms. The minimum atomic E-state index is -0.0813. The number of nitrogens with one attached hydrogen (secondary N) is 1. The fourth-order valence-electron chi connectivity index (χ4n) is 2.42. The van der Waals surface area contributed by atoms with Crippen LogP contribution in [0.2, 0.25) is 0 Å². The molecule has 0 radical (unpaired) electrons. The van der Waals surface area contributed by atoms with E-state index in [2.05, 4.69) is 29.7 Å². The first-order chi connectivity index (χ1) is 11.0. The Morgan fingerprint density at radius 2 is 1.65 bits per heavy atom. The Hall–Kier alpha value is -2.14. The Labute approximate surface area is 142 Å². The van der Waals surface area contributed by atoms with Gasteiger partial charge in [-0.3, -0.25) is 4.79 Å². The first-order valence-electron chi connectivity index (χ1n) is 7.38. The molecule has 23 heavy (non-hydrogen) atoms. The second-order valence-electron chi connectivity index (χ2n) is 5.37. The van der Waals surface area contributed by atoms with E-state index in [-0.39, 0.29) is 5.91 Å². The number of carbonyl (C=O) groups excluding carboxylic acids is 1. The third kappa shape index (κ3) is 4.66. The summed E-state index contributed by atoms with van der Waals surface area (Å²) >= 11 is 3.76. The lowest BCUT2D eigenvalue weighted by Crippen LogP contribution is -2.12. The van der Waals surface area contributed by atoms with Gasteiger partial charge in [-0.2, -0.15) is 0 Å². The fourth-order valence-corrected chi connectivity index (χ4v) is 2.53. The van der Waals surface area contributed by atoms with Gasteiger partial charge >= 0.3 is 0 Å². The van der Waals surface area contributed by atoms with E-state index in [9.17, 15) is 4.79 Å². The molecule has 0 aliphatic heterocycles. The SMILES string of the molecule is COc1ccc(Oc2c(C)cc(CCC(=O)NS)cc2C)cc1. The summed E-state index contributed by atoms with van der Waals surface area (Å²) in [5.74, 6) is 2.32. The van der Waals surface area contributed by atoms with Crippen molar-refractivity contribution in [2.24, 2.45) is 0 Å². The third-order valence-electron chi connectivity index (χ3n) is 3.56. The normalized spacial score (nSPS) is 10.3. The van der Waals surface area contributed by atoms with Gasteiger partial charge in [0.05, 0.1) is 7.11 Å². The zero-order chi connectivity index (χ0) is 16.8. The molecule has 0 saturated carbocycles. The molecule has 0 spiro atoms. The molecule has 1 N–H and O–H groups in total. The van der Waals surface area contributed by atoms with E-state index in [1.807, 2.05) is 38.1 Å². The Bertz CT molecular complexity index is 660. The van der Waals surface area contributed by atoms with Crippen molar-refractivity contribution < 1.29 is 14.3 Å². The number of ether oxygens (including phenoxy) is 2. The summed E-state index contributed by atoms with van der Waals surface area (Å²) in [6.45, 7) is 4.02. The lowest BCUT2D eigenvalue weighted by Gasteiger charge is -2.14. The van der Waals surface area contributed by atoms with Gasteiger partial charge in [0.2, 0.25) is 5.91 Å². The molecule has 0 saturated heterocycles. The molecule has 0 heterocycles. The number of hydrogen-bond acceptors (Lipinski definition) is 4. The molecule has 2 aromatic rings. The Morgan fingerprint density at radius 3 is 2.17 bits per heavy atom. The minimum Gasteiger partial charge on any atom is -0.497 e. The molecular weight excluding hydrogens is 310 g/mol. The fraction of sp³-hybridized carbons (Fsp3) is 0.278. The largest absolute Gasteiger partial charge is 0.497 e. The van der Waals surface area contributed by atoms with Crippen molar-refractivity contribution in [1.82, 2.24) is 4.72 Å². The molecule has 1 amide bonds. The van der Waals surface area contributed by atoms with Crippen LogP contribution in [0.4, 0.5) is 0 Å². The van der Waals surface area contributed by atoms with E-state index in [1.54, 1.807) is 7.11 Å². The van der Waals surface area contributed by atoms with E-state index in [0.717, 1.165) is 33.9 Å². The van der Waals surface area contributed by atoms with Crippen LogP contribution < -0.4 is 14.2 Å². The van der Waals surface area contributed by atoms with Gasteiger partial charge in [-0.1, -0.05) is 24.9 Å². The molecule has 0 aliphatic carbocycles. The van der Waals surface area contributed by atoms with Crippen LogP contribution in [0.3, 0.4) is 0 Å². The smallest absolute Gasteiger partial charge is 0.229 e. The molecule has 2 aromatic carbocycles. The number of methoxy groups -OCH3 is 1. The average Bonchev–Trinajstić information content (AvgIpc) is 2.56. The average molecular weight is 331 g/mol. The first kappa shape index (κ1) is 17.2. The molecule has 0 atom stereocenters. The highest BCUT2D eigenvalue weighted by atomic mass is 32.1. The Balaban J connectivity index is 2.14. The Kier molecular flexibility index (Phi) is 5.93. The van der Waals surface area contributed by atoms with E-state index in [0.29, 0.717) is 12.8 Å². The molecule has 0 unspecified atom stereocenters. The van der Waals surface area contributed by atoms with Gasteiger partial charge < -0.3 is 14.2 Å². The van der Waals surface area contributed by atoms with E-state index >= 15 is 0 Å². The first-order valence-corrected chi connectivity index (χ1v) is 7.83. The molecule has 4 nitrogen and oxygen atoms in total. The predicted octanol–water partition coefficient (Wildman–Crippen LogP) is 4.00. The van der Waals surface area contributed by atoms with Crippen molar-refractivity contribution in [3.8, 4) is 17.2 Å². The van der Waals surface area contributed by atoms with Crippen molar-refractivity contribution in [1.29, 1.82) is 0 Å². The molecule has 0 aliphatic rings. The van der Waals surface area contributed by atoms with Gasteiger partial charge in [0.1, 0.15) is 17.2 Å². The van der Waals surface area contributed by atoms with Crippen LogP contribution in [0.25, 0.3) is 0 Å². The zero-order valence-corrected chi connectivity index (χ0v) is 14.4. The topological polar surface area (TPSA) is 47.6 Å². The van der Waals surface area contributed by atoms with Crippen LogP contribution in [0.5, 0.6) is 17.2 Å². The number of thiol groups is 1. The zero-order valence-electron chi connectivity index (χ0n) is 13.6. The summed E-state index contributed by atoms with van der Waals surface area (Å²) in [6.07, 6.45) is 1.10. The number of carbonyl (C=O) groups is 1. The highest BCUT2D eigenvalue weighted by Crippen LogP contribution is 2.31. The minimum absolute atomic E-state index is 0.0813. The van der Waals surface area contributed by atoms with Crippen molar-refractivity contribution in [3.05, 3.63) is 53.1 Å². The van der Waals surface area contributed by atoms with E-state index in [1.165, 1.54) is 0 Å². The molecule has 0 aromatic heterocycles. The molecule has 2 rings (SSSR count). The molecule has 0 fully saturated rings. The Morgan fingerprint density at radius 1 is 1.09 bits per heavy atom. The van der Waals surface area contributed by atoms with Gasteiger partial charge in [-0.25, -0.2) is 0 Å². The van der Waals surface area contributed by atoms with Gasteiger partial charge in [0.25, 0.3) is 0 Å². The number of rotatable bonds is 6. The maximum atomic E-state index is 11.3. The number of hydrogen-bond donors (Lipinski definition) is 2. The van der Waals surface area contributed by atoms with E-state index < -0.39 is 0 Å². The molecule has 122 valence electrons. The van der Waals surface area contributed by atoms with E-state index in [4.69, 9.17) is 9.47 Å². The second kappa shape index (κ2) is 7.92. The van der Waals surface area contributed by atoms with Crippen molar-refractivity contribution >= 4 is 18.7 Å². The summed E-state index contributed by atoms with van der Waals surface area (Å²) in [5.41, 5.74) is 3.20. The van der Waals surface area contributed by atoms with Crippen molar-refractivity contribution in [2.75, 3.05) is 7.11 Å². The van der Waals surface area contributed by atoms with Crippen molar-refractivity contribution in [3.63, 3.8) is 0 Å². The third-order valence-corrected chi connectivity index (χ3v) is 3.81. The van der Waals surface area contributed by atoms with Crippen molar-refractivity contribution in [2.45, 2.75) is 26.7 Å². The van der Waals surface area contributed by atoms with Crippen LogP contribution in [-0.4, -0.2) is 13.0 Å². The summed E-state index contributed by atoms with van der Waals surface area (Å²) in [5, 5.41) is 0. The highest BCUT2D eigenvalue weighted by molar-refractivity contribution is 7.78. The highest BCUT2D eigenvalue weighted by Gasteiger charge is 2.09.